The molecule has 0 amide bonds. The van der Waals surface area contributed by atoms with Crippen LogP contribution < -0.4 is 5.73 Å². The molecule has 2 nitrogen and oxygen atoms in total. The Kier molecular flexibility index (Phi) is 5.35. The minimum atomic E-state index is 0.569. The van der Waals surface area contributed by atoms with Gasteiger partial charge in [-0.05, 0) is 11.1 Å². The molecule has 110 valence electrons. The van der Waals surface area contributed by atoms with Crippen LogP contribution in [0, 0.1) is 11.3 Å². The van der Waals surface area contributed by atoms with E-state index in [1.165, 1.54) is 11.3 Å². The second kappa shape index (κ2) is 7.44. The number of thiophene rings is 1. The van der Waals surface area contributed by atoms with Crippen LogP contribution in [0.4, 0.5) is 5.00 Å². The Labute approximate surface area is 135 Å². The molecule has 3 heteroatoms. The van der Waals surface area contributed by atoms with Gasteiger partial charge in [-0.3, -0.25) is 0 Å². The molecular weight excluding hydrogens is 288 g/mol. The Bertz CT molecular complexity index is 768. The summed E-state index contributed by atoms with van der Waals surface area (Å²) < 4.78 is 0. The summed E-state index contributed by atoms with van der Waals surface area (Å²) in [5.74, 6) is 0. The van der Waals surface area contributed by atoms with E-state index in [-0.39, 0.29) is 0 Å². The number of hydrogen-bond acceptors (Lipinski definition) is 3. The van der Waals surface area contributed by atoms with Crippen molar-refractivity contribution in [3.05, 3.63) is 66.2 Å². The van der Waals surface area contributed by atoms with Crippen molar-refractivity contribution in [1.29, 1.82) is 5.26 Å². The van der Waals surface area contributed by atoms with E-state index in [1.54, 1.807) is 0 Å². The maximum atomic E-state index is 9.40. The second-order valence-electron chi connectivity index (χ2n) is 4.39. The molecule has 0 radical (unpaired) electrons. The van der Waals surface area contributed by atoms with Gasteiger partial charge in [-0.2, -0.15) is 5.26 Å². The molecule has 3 aromatic rings. The van der Waals surface area contributed by atoms with Crippen molar-refractivity contribution in [1.82, 2.24) is 0 Å². The van der Waals surface area contributed by atoms with Gasteiger partial charge in [0, 0.05) is 10.4 Å². The van der Waals surface area contributed by atoms with E-state index in [1.807, 2.05) is 74.5 Å². The van der Waals surface area contributed by atoms with Gasteiger partial charge in [-0.1, -0.05) is 74.5 Å². The lowest BCUT2D eigenvalue weighted by atomic mass is 9.99. The summed E-state index contributed by atoms with van der Waals surface area (Å²) in [5.41, 5.74) is 9.64. The number of nitrogens with two attached hydrogens (primary N) is 1. The highest BCUT2D eigenvalue weighted by Gasteiger charge is 2.18. The van der Waals surface area contributed by atoms with Crippen LogP contribution in [0.5, 0.6) is 0 Å². The number of nitriles is 1. The standard InChI is InChI=1S/C17H12N2S.C2H6/c18-11-14-15(12-7-3-1-4-8-12)16(20-17(14)19)13-9-5-2-6-10-13;1-2/h1-10H,19H2;1-2H3. The fourth-order valence-electron chi connectivity index (χ4n) is 2.23. The lowest BCUT2D eigenvalue weighted by Crippen LogP contribution is -1.86. The molecule has 0 atom stereocenters. The Balaban J connectivity index is 0.000000847. The SMILES string of the molecule is CC.N#Cc1c(N)sc(-c2ccccc2)c1-c1ccccc1. The molecule has 22 heavy (non-hydrogen) atoms. The van der Waals surface area contributed by atoms with Crippen LogP contribution in [0.2, 0.25) is 0 Å². The van der Waals surface area contributed by atoms with Crippen molar-refractivity contribution in [2.24, 2.45) is 0 Å². The molecule has 0 aliphatic carbocycles. The van der Waals surface area contributed by atoms with E-state index in [9.17, 15) is 5.26 Å². The zero-order valence-electron chi connectivity index (χ0n) is 12.7. The largest absolute Gasteiger partial charge is 0.389 e. The van der Waals surface area contributed by atoms with Crippen molar-refractivity contribution in [3.8, 4) is 27.6 Å². The van der Waals surface area contributed by atoms with Crippen molar-refractivity contribution < 1.29 is 0 Å². The van der Waals surface area contributed by atoms with Gasteiger partial charge in [0.2, 0.25) is 0 Å². The molecule has 0 saturated heterocycles. The molecule has 2 N–H and O–H groups in total. The van der Waals surface area contributed by atoms with Crippen LogP contribution >= 0.6 is 11.3 Å². The van der Waals surface area contributed by atoms with Crippen molar-refractivity contribution in [3.63, 3.8) is 0 Å². The maximum Gasteiger partial charge on any atom is 0.105 e. The average molecular weight is 306 g/mol. The molecule has 0 aliphatic rings. The van der Waals surface area contributed by atoms with E-state index in [2.05, 4.69) is 6.07 Å². The van der Waals surface area contributed by atoms with Crippen molar-refractivity contribution in [2.75, 3.05) is 5.73 Å². The van der Waals surface area contributed by atoms with E-state index in [0.29, 0.717) is 10.6 Å². The summed E-state index contributed by atoms with van der Waals surface area (Å²) in [7, 11) is 0. The molecule has 1 aromatic heterocycles. The van der Waals surface area contributed by atoms with Crippen LogP contribution in [0.25, 0.3) is 21.6 Å². The lowest BCUT2D eigenvalue weighted by Gasteiger charge is -2.05. The van der Waals surface area contributed by atoms with E-state index >= 15 is 0 Å². The first-order valence-electron chi connectivity index (χ1n) is 7.24. The third kappa shape index (κ3) is 3.03. The van der Waals surface area contributed by atoms with Gasteiger partial charge in [0.05, 0.1) is 5.56 Å². The predicted octanol–water partition coefficient (Wildman–Crippen LogP) is 5.56. The summed E-state index contributed by atoms with van der Waals surface area (Å²) in [6.45, 7) is 4.00. The second-order valence-corrected chi connectivity index (χ2v) is 5.44. The van der Waals surface area contributed by atoms with Gasteiger partial charge in [-0.15, -0.1) is 11.3 Å². The number of nitrogen functional groups attached to an aromatic ring is 1. The normalized spacial score (nSPS) is 9.50. The first-order valence-corrected chi connectivity index (χ1v) is 8.06. The molecule has 0 fully saturated rings. The Morgan fingerprint density at radius 3 is 1.86 bits per heavy atom. The van der Waals surface area contributed by atoms with Crippen molar-refractivity contribution in [2.45, 2.75) is 13.8 Å². The Morgan fingerprint density at radius 2 is 1.36 bits per heavy atom. The molecule has 0 saturated carbocycles. The quantitative estimate of drug-likeness (QED) is 0.673. The van der Waals surface area contributed by atoms with Gasteiger partial charge in [0.1, 0.15) is 11.1 Å². The molecule has 0 aliphatic heterocycles. The predicted molar refractivity (Wildman–Crippen MR) is 95.7 cm³/mol. The number of nitrogens with zero attached hydrogens (tertiary/aromatic N) is 1. The summed E-state index contributed by atoms with van der Waals surface area (Å²) in [6.07, 6.45) is 0. The number of hydrogen-bond donors (Lipinski definition) is 1. The highest BCUT2D eigenvalue weighted by Crippen LogP contribution is 2.44. The topological polar surface area (TPSA) is 49.8 Å². The zero-order chi connectivity index (χ0) is 15.9. The minimum absolute atomic E-state index is 0.569. The summed E-state index contributed by atoms with van der Waals surface area (Å²) in [4.78, 5) is 1.05. The van der Waals surface area contributed by atoms with Gasteiger partial charge >= 0.3 is 0 Å². The van der Waals surface area contributed by atoms with Gasteiger partial charge in [0.25, 0.3) is 0 Å². The van der Waals surface area contributed by atoms with Crippen LogP contribution in [-0.2, 0) is 0 Å². The van der Waals surface area contributed by atoms with Crippen LogP contribution in [0.15, 0.2) is 60.7 Å². The monoisotopic (exact) mass is 306 g/mol. The summed E-state index contributed by atoms with van der Waals surface area (Å²) >= 11 is 1.47. The smallest absolute Gasteiger partial charge is 0.105 e. The first-order chi connectivity index (χ1) is 10.8. The molecule has 0 spiro atoms. The Hall–Kier alpha value is -2.57. The van der Waals surface area contributed by atoms with Crippen LogP contribution in [0.1, 0.15) is 19.4 Å². The van der Waals surface area contributed by atoms with Crippen LogP contribution in [0.3, 0.4) is 0 Å². The highest BCUT2D eigenvalue weighted by molar-refractivity contribution is 7.20. The number of benzene rings is 2. The third-order valence-electron chi connectivity index (χ3n) is 3.15. The zero-order valence-corrected chi connectivity index (χ0v) is 13.5. The molecule has 0 unspecified atom stereocenters. The number of anilines is 1. The van der Waals surface area contributed by atoms with Gasteiger partial charge in [0.15, 0.2) is 0 Å². The molecule has 3 rings (SSSR count). The minimum Gasteiger partial charge on any atom is -0.389 e. The Morgan fingerprint density at radius 1 is 0.864 bits per heavy atom. The van der Waals surface area contributed by atoms with Crippen LogP contribution in [-0.4, -0.2) is 0 Å². The molecule has 1 heterocycles. The highest BCUT2D eigenvalue weighted by atomic mass is 32.1. The van der Waals surface area contributed by atoms with Crippen molar-refractivity contribution >= 4 is 16.3 Å². The third-order valence-corrected chi connectivity index (χ3v) is 4.21. The summed E-state index contributed by atoms with van der Waals surface area (Å²) in [5, 5.41) is 9.97. The van der Waals surface area contributed by atoms with E-state index < -0.39 is 0 Å². The molecule has 0 bridgehead atoms. The maximum absolute atomic E-state index is 9.40. The average Bonchev–Trinajstić information content (AvgIpc) is 2.94. The fourth-order valence-corrected chi connectivity index (χ4v) is 3.28. The molecule has 2 aromatic carbocycles. The summed E-state index contributed by atoms with van der Waals surface area (Å²) in [6, 6.07) is 22.2. The number of rotatable bonds is 2. The fraction of sp³-hybridized carbons (Fsp3) is 0.105. The van der Waals surface area contributed by atoms with E-state index in [4.69, 9.17) is 5.73 Å². The van der Waals surface area contributed by atoms with Gasteiger partial charge < -0.3 is 5.73 Å². The van der Waals surface area contributed by atoms with E-state index in [0.717, 1.165) is 21.6 Å². The first kappa shape index (κ1) is 15.8. The van der Waals surface area contributed by atoms with Gasteiger partial charge in [-0.25, -0.2) is 0 Å². The molecular formula is C19H18N2S. The lowest BCUT2D eigenvalue weighted by molar-refractivity contribution is 1.50.